The SMILES string of the molecule is CC(=O)c1cccc(NC(=O)NN2[C@H](C)CCC[C@H]2C)c1. The van der Waals surface area contributed by atoms with E-state index >= 15 is 0 Å². The third-order valence-electron chi connectivity index (χ3n) is 3.95. The smallest absolute Gasteiger partial charge is 0.307 e. The minimum atomic E-state index is -0.267. The summed E-state index contributed by atoms with van der Waals surface area (Å²) in [6, 6.07) is 7.36. The second-order valence-corrected chi connectivity index (χ2v) is 5.74. The fourth-order valence-corrected chi connectivity index (χ4v) is 2.73. The lowest BCUT2D eigenvalue weighted by atomic mass is 10.00. The van der Waals surface area contributed by atoms with Gasteiger partial charge in [0.15, 0.2) is 5.78 Å². The highest BCUT2D eigenvalue weighted by atomic mass is 16.2. The standard InChI is InChI=1S/C16H23N3O2/c1-11-6-4-7-12(2)19(11)18-16(21)17-15-9-5-8-14(10-15)13(3)20/h5,8-12H,4,6-7H2,1-3H3,(H2,17,18,21)/t11-,12-/m1/s1. The molecule has 114 valence electrons. The molecule has 2 amide bonds. The van der Waals surface area contributed by atoms with Crippen molar-refractivity contribution in [3.05, 3.63) is 29.8 Å². The number of piperidine rings is 1. The zero-order valence-electron chi connectivity index (χ0n) is 12.8. The molecule has 1 fully saturated rings. The summed E-state index contributed by atoms with van der Waals surface area (Å²) in [6.07, 6.45) is 3.37. The molecule has 1 aromatic rings. The number of nitrogens with zero attached hydrogens (tertiary/aromatic N) is 1. The highest BCUT2D eigenvalue weighted by Crippen LogP contribution is 2.20. The van der Waals surface area contributed by atoms with Crippen LogP contribution in [0.4, 0.5) is 10.5 Å². The Balaban J connectivity index is 1.98. The number of ketones is 1. The second kappa shape index (κ2) is 6.72. The van der Waals surface area contributed by atoms with E-state index in [-0.39, 0.29) is 11.8 Å². The molecule has 5 nitrogen and oxygen atoms in total. The van der Waals surface area contributed by atoms with Crippen LogP contribution in [0, 0.1) is 0 Å². The summed E-state index contributed by atoms with van der Waals surface area (Å²) in [5.74, 6) is -0.0164. The fourth-order valence-electron chi connectivity index (χ4n) is 2.73. The molecule has 1 aliphatic rings. The van der Waals surface area contributed by atoms with E-state index in [1.807, 2.05) is 5.01 Å². The predicted octanol–water partition coefficient (Wildman–Crippen LogP) is 3.19. The molecular weight excluding hydrogens is 266 g/mol. The molecule has 1 saturated heterocycles. The van der Waals surface area contributed by atoms with Gasteiger partial charge in [-0.15, -0.1) is 0 Å². The number of urea groups is 1. The lowest BCUT2D eigenvalue weighted by Gasteiger charge is -2.38. The van der Waals surface area contributed by atoms with E-state index < -0.39 is 0 Å². The lowest BCUT2D eigenvalue weighted by molar-refractivity contribution is 0.0625. The van der Waals surface area contributed by atoms with Gasteiger partial charge in [-0.2, -0.15) is 0 Å². The minimum absolute atomic E-state index is 0.0164. The average Bonchev–Trinajstić information content (AvgIpc) is 2.43. The highest BCUT2D eigenvalue weighted by Gasteiger charge is 2.26. The molecule has 0 spiro atoms. The maximum absolute atomic E-state index is 12.1. The number of hydrogen-bond acceptors (Lipinski definition) is 3. The van der Waals surface area contributed by atoms with Crippen molar-refractivity contribution >= 4 is 17.5 Å². The summed E-state index contributed by atoms with van der Waals surface area (Å²) < 4.78 is 0. The largest absolute Gasteiger partial charge is 0.333 e. The summed E-state index contributed by atoms with van der Waals surface area (Å²) in [5.41, 5.74) is 4.13. The minimum Gasteiger partial charge on any atom is -0.307 e. The monoisotopic (exact) mass is 289 g/mol. The lowest BCUT2D eigenvalue weighted by Crippen LogP contribution is -2.55. The molecule has 0 saturated carbocycles. The van der Waals surface area contributed by atoms with Crippen LogP contribution in [0.1, 0.15) is 50.4 Å². The van der Waals surface area contributed by atoms with Gasteiger partial charge in [0.1, 0.15) is 0 Å². The summed E-state index contributed by atoms with van der Waals surface area (Å²) in [4.78, 5) is 23.5. The van der Waals surface area contributed by atoms with Crippen molar-refractivity contribution in [2.45, 2.75) is 52.1 Å². The first-order valence-corrected chi connectivity index (χ1v) is 7.44. The van der Waals surface area contributed by atoms with Gasteiger partial charge >= 0.3 is 6.03 Å². The van der Waals surface area contributed by atoms with Crippen molar-refractivity contribution in [1.82, 2.24) is 10.4 Å². The van der Waals surface area contributed by atoms with Crippen LogP contribution < -0.4 is 10.7 Å². The first kappa shape index (κ1) is 15.5. The van der Waals surface area contributed by atoms with Gasteiger partial charge in [-0.05, 0) is 45.7 Å². The first-order valence-electron chi connectivity index (χ1n) is 7.44. The summed E-state index contributed by atoms with van der Waals surface area (Å²) >= 11 is 0. The van der Waals surface area contributed by atoms with Crippen LogP contribution in [0.5, 0.6) is 0 Å². The number of anilines is 1. The number of rotatable bonds is 3. The van der Waals surface area contributed by atoms with Crippen LogP contribution in [0.15, 0.2) is 24.3 Å². The van der Waals surface area contributed by atoms with Crippen LogP contribution in [-0.2, 0) is 0 Å². The molecule has 5 heteroatoms. The van der Waals surface area contributed by atoms with Crippen LogP contribution in [-0.4, -0.2) is 28.9 Å². The van der Waals surface area contributed by atoms with Crippen LogP contribution in [0.25, 0.3) is 0 Å². The van der Waals surface area contributed by atoms with Gasteiger partial charge in [-0.1, -0.05) is 18.6 Å². The van der Waals surface area contributed by atoms with Crippen molar-refractivity contribution < 1.29 is 9.59 Å². The van der Waals surface area contributed by atoms with E-state index in [4.69, 9.17) is 0 Å². The zero-order valence-corrected chi connectivity index (χ0v) is 12.8. The van der Waals surface area contributed by atoms with Crippen molar-refractivity contribution in [3.63, 3.8) is 0 Å². The third-order valence-corrected chi connectivity index (χ3v) is 3.95. The van der Waals surface area contributed by atoms with Gasteiger partial charge < -0.3 is 5.32 Å². The highest BCUT2D eigenvalue weighted by molar-refractivity contribution is 5.96. The molecule has 2 atom stereocenters. The van der Waals surface area contributed by atoms with Crippen molar-refractivity contribution in [1.29, 1.82) is 0 Å². The van der Waals surface area contributed by atoms with Gasteiger partial charge in [-0.3, -0.25) is 10.2 Å². The number of hydrogen-bond donors (Lipinski definition) is 2. The number of carbonyl (C=O) groups is 2. The molecule has 1 aliphatic heterocycles. The summed E-state index contributed by atoms with van der Waals surface area (Å²) in [6.45, 7) is 5.74. The van der Waals surface area contributed by atoms with E-state index in [1.54, 1.807) is 24.3 Å². The molecular formula is C16H23N3O2. The van der Waals surface area contributed by atoms with Crippen molar-refractivity contribution in [2.24, 2.45) is 0 Å². The Kier molecular flexibility index (Phi) is 4.96. The Morgan fingerprint density at radius 3 is 2.48 bits per heavy atom. The number of hydrazine groups is 1. The van der Waals surface area contributed by atoms with E-state index in [9.17, 15) is 9.59 Å². The Morgan fingerprint density at radius 2 is 1.86 bits per heavy atom. The van der Waals surface area contributed by atoms with Crippen LogP contribution >= 0.6 is 0 Å². The van der Waals surface area contributed by atoms with Crippen LogP contribution in [0.3, 0.4) is 0 Å². The number of nitrogens with one attached hydrogen (secondary N) is 2. The number of benzene rings is 1. The predicted molar refractivity (Wildman–Crippen MR) is 83.2 cm³/mol. The molecule has 0 unspecified atom stereocenters. The molecule has 2 N–H and O–H groups in total. The normalized spacial score (nSPS) is 22.6. The quantitative estimate of drug-likeness (QED) is 0.840. The summed E-state index contributed by atoms with van der Waals surface area (Å²) in [7, 11) is 0. The van der Waals surface area contributed by atoms with E-state index in [0.717, 1.165) is 12.8 Å². The maximum atomic E-state index is 12.1. The summed E-state index contributed by atoms with van der Waals surface area (Å²) in [5, 5.41) is 4.79. The second-order valence-electron chi connectivity index (χ2n) is 5.74. The van der Waals surface area contributed by atoms with Crippen LogP contribution in [0.2, 0.25) is 0 Å². The number of carbonyl (C=O) groups excluding carboxylic acids is 2. The Hall–Kier alpha value is -1.88. The zero-order chi connectivity index (χ0) is 15.4. The van der Waals surface area contributed by atoms with Gasteiger partial charge in [0.05, 0.1) is 0 Å². The first-order chi connectivity index (χ1) is 9.97. The van der Waals surface area contributed by atoms with E-state index in [0.29, 0.717) is 23.3 Å². The van der Waals surface area contributed by atoms with Gasteiger partial charge in [0.25, 0.3) is 0 Å². The van der Waals surface area contributed by atoms with E-state index in [1.165, 1.54) is 13.3 Å². The van der Waals surface area contributed by atoms with Crippen molar-refractivity contribution in [3.8, 4) is 0 Å². The van der Waals surface area contributed by atoms with Gasteiger partial charge in [-0.25, -0.2) is 9.80 Å². The third kappa shape index (κ3) is 4.04. The number of Topliss-reactive ketones (excluding diaryl/α,β-unsaturated/α-hetero) is 1. The van der Waals surface area contributed by atoms with E-state index in [2.05, 4.69) is 24.6 Å². The molecule has 0 radical (unpaired) electrons. The molecule has 0 aliphatic carbocycles. The molecule has 2 rings (SSSR count). The van der Waals surface area contributed by atoms with Gasteiger partial charge in [0.2, 0.25) is 0 Å². The topological polar surface area (TPSA) is 61.4 Å². The maximum Gasteiger partial charge on any atom is 0.333 e. The van der Waals surface area contributed by atoms with Gasteiger partial charge in [0, 0.05) is 23.3 Å². The fraction of sp³-hybridized carbons (Fsp3) is 0.500. The molecule has 21 heavy (non-hydrogen) atoms. The number of amides is 2. The molecule has 0 bridgehead atoms. The molecule has 0 aromatic heterocycles. The van der Waals surface area contributed by atoms with Crippen molar-refractivity contribution in [2.75, 3.05) is 5.32 Å². The molecule has 1 heterocycles. The Bertz CT molecular complexity index is 520. The Morgan fingerprint density at radius 1 is 1.19 bits per heavy atom. The average molecular weight is 289 g/mol. The Labute approximate surface area is 125 Å². The molecule has 1 aromatic carbocycles.